The lowest BCUT2D eigenvalue weighted by atomic mass is 10.3. The van der Waals surface area contributed by atoms with Crippen LogP contribution in [0.3, 0.4) is 0 Å². The normalized spacial score (nSPS) is 20.5. The number of amides is 2. The average molecular weight is 256 g/mol. The van der Waals surface area contributed by atoms with Crippen molar-refractivity contribution in [2.45, 2.75) is 0 Å². The van der Waals surface area contributed by atoms with E-state index < -0.39 is 13.7 Å². The molecule has 0 atom stereocenters. The third-order valence-electron chi connectivity index (χ3n) is 2.25. The molecule has 0 radical (unpaired) electrons. The number of hydrogen-bond acceptors (Lipinski definition) is 3. The van der Waals surface area contributed by atoms with Crippen molar-refractivity contribution in [3.8, 4) is 5.75 Å². The number of rotatable bonds is 2. The van der Waals surface area contributed by atoms with Gasteiger partial charge in [0.2, 0.25) is 0 Å². The van der Waals surface area contributed by atoms with E-state index in [2.05, 4.69) is 10.9 Å². The molecule has 2 N–H and O–H groups in total. The molecule has 0 unspecified atom stereocenters. The van der Waals surface area contributed by atoms with Gasteiger partial charge in [-0.05, 0) is 12.1 Å². The van der Waals surface area contributed by atoms with Gasteiger partial charge in [-0.1, -0.05) is 18.2 Å². The van der Waals surface area contributed by atoms with Crippen LogP contribution in [0.5, 0.6) is 5.75 Å². The molecular weight excluding hydrogens is 243 g/mol. The molecule has 0 saturated carbocycles. The van der Waals surface area contributed by atoms with Gasteiger partial charge in [0.05, 0.1) is 0 Å². The molecule has 0 spiro atoms. The van der Waals surface area contributed by atoms with Crippen molar-refractivity contribution in [3.05, 3.63) is 30.3 Å². The number of para-hydroxylation sites is 1. The molecule has 1 aromatic rings. The van der Waals surface area contributed by atoms with Gasteiger partial charge in [0, 0.05) is 14.1 Å². The Labute approximate surface area is 98.8 Å². The van der Waals surface area contributed by atoms with E-state index in [9.17, 15) is 9.36 Å². The quantitative estimate of drug-likeness (QED) is 0.777. The van der Waals surface area contributed by atoms with Gasteiger partial charge in [-0.2, -0.15) is 0 Å². The summed E-state index contributed by atoms with van der Waals surface area (Å²) in [6.45, 7) is 0. The topological polar surface area (TPSA) is 73.9 Å². The second kappa shape index (κ2) is 4.37. The highest BCUT2D eigenvalue weighted by Crippen LogP contribution is 2.51. The highest BCUT2D eigenvalue weighted by Gasteiger charge is 2.42. The molecule has 0 aliphatic carbocycles. The van der Waals surface area contributed by atoms with Crippen molar-refractivity contribution in [3.63, 3.8) is 0 Å². The van der Waals surface area contributed by atoms with E-state index in [-0.39, 0.29) is 0 Å². The van der Waals surface area contributed by atoms with Crippen LogP contribution in [0.2, 0.25) is 0 Å². The van der Waals surface area contributed by atoms with Crippen molar-refractivity contribution in [2.75, 3.05) is 14.1 Å². The summed E-state index contributed by atoms with van der Waals surface area (Å²) in [4.78, 5) is 11.1. The van der Waals surface area contributed by atoms with Gasteiger partial charge in [-0.15, -0.1) is 9.56 Å². The minimum atomic E-state index is -3.33. The molecule has 7 nitrogen and oxygen atoms in total. The molecule has 1 aliphatic rings. The highest BCUT2D eigenvalue weighted by molar-refractivity contribution is 7.54. The summed E-state index contributed by atoms with van der Waals surface area (Å²) in [5.74, 6) is 0.465. The zero-order valence-electron chi connectivity index (χ0n) is 9.45. The summed E-state index contributed by atoms with van der Waals surface area (Å²) >= 11 is 0. The maximum absolute atomic E-state index is 12.6. The van der Waals surface area contributed by atoms with Crippen LogP contribution < -0.4 is 15.4 Å². The smallest absolute Gasteiger partial charge is 0.420 e. The van der Waals surface area contributed by atoms with Crippen LogP contribution in [0.4, 0.5) is 4.79 Å². The molecule has 8 heteroatoms. The second-order valence-electron chi connectivity index (χ2n) is 3.49. The zero-order chi connectivity index (χ0) is 12.5. The molecule has 1 saturated heterocycles. The third-order valence-corrected chi connectivity index (χ3v) is 4.42. The van der Waals surface area contributed by atoms with E-state index in [1.807, 2.05) is 6.07 Å². The lowest BCUT2D eigenvalue weighted by Crippen LogP contribution is -2.57. The molecule has 1 aromatic carbocycles. The van der Waals surface area contributed by atoms with E-state index in [1.165, 1.54) is 23.7 Å². The number of carbonyl (C=O) groups is 1. The maximum Gasteiger partial charge on any atom is 0.430 e. The minimum Gasteiger partial charge on any atom is -0.420 e. The Morgan fingerprint density at radius 2 is 1.65 bits per heavy atom. The fourth-order valence-electron chi connectivity index (χ4n) is 1.39. The van der Waals surface area contributed by atoms with Gasteiger partial charge in [-0.3, -0.25) is 10.9 Å². The molecule has 0 aromatic heterocycles. The van der Waals surface area contributed by atoms with Crippen LogP contribution in [0.25, 0.3) is 0 Å². The van der Waals surface area contributed by atoms with Gasteiger partial charge < -0.3 is 4.52 Å². The number of hydrogen-bond donors (Lipinski definition) is 2. The van der Waals surface area contributed by atoms with Crippen molar-refractivity contribution in [2.24, 2.45) is 0 Å². The van der Waals surface area contributed by atoms with Crippen molar-refractivity contribution < 1.29 is 13.9 Å². The monoisotopic (exact) mass is 256 g/mol. The molecule has 2 rings (SSSR count). The Bertz CT molecular complexity index is 449. The van der Waals surface area contributed by atoms with Gasteiger partial charge in [0.15, 0.2) is 0 Å². The summed E-state index contributed by atoms with van der Waals surface area (Å²) in [7, 11) is -0.361. The highest BCUT2D eigenvalue weighted by atomic mass is 31.2. The number of nitrogens with one attached hydrogen (secondary N) is 2. The minimum absolute atomic E-state index is 0.460. The Morgan fingerprint density at radius 1 is 1.12 bits per heavy atom. The van der Waals surface area contributed by atoms with Crippen molar-refractivity contribution in [1.82, 2.24) is 20.4 Å². The van der Waals surface area contributed by atoms with Crippen LogP contribution in [0.1, 0.15) is 0 Å². The Morgan fingerprint density at radius 3 is 2.18 bits per heavy atom. The number of urea groups is 1. The molecule has 0 bridgehead atoms. The molecule has 1 heterocycles. The van der Waals surface area contributed by atoms with Crippen LogP contribution in [-0.4, -0.2) is 29.7 Å². The molecule has 17 heavy (non-hydrogen) atoms. The fraction of sp³-hybridized carbons (Fsp3) is 0.222. The standard InChI is InChI=1S/C9H13N4O3P/c1-12-10-9(14)11-13(2)17(12,15)16-8-6-4-3-5-7-8/h3-7H,1-2H3,(H2,10,11,14). The average Bonchev–Trinajstić information content (AvgIpc) is 2.28. The van der Waals surface area contributed by atoms with Gasteiger partial charge in [0.1, 0.15) is 5.75 Å². The van der Waals surface area contributed by atoms with Crippen LogP contribution in [-0.2, 0) is 4.57 Å². The van der Waals surface area contributed by atoms with Gasteiger partial charge in [0.25, 0.3) is 0 Å². The Hall–Kier alpha value is -1.56. The maximum atomic E-state index is 12.6. The summed E-state index contributed by atoms with van der Waals surface area (Å²) < 4.78 is 20.3. The van der Waals surface area contributed by atoms with Gasteiger partial charge in [-0.25, -0.2) is 9.36 Å². The first-order valence-electron chi connectivity index (χ1n) is 4.93. The third kappa shape index (κ3) is 2.26. The number of hydrazine groups is 2. The number of carbonyl (C=O) groups excluding carboxylic acids is 1. The van der Waals surface area contributed by atoms with Crippen LogP contribution in [0.15, 0.2) is 30.3 Å². The number of benzene rings is 1. The van der Waals surface area contributed by atoms with Crippen LogP contribution in [0, 0.1) is 0 Å². The van der Waals surface area contributed by atoms with E-state index >= 15 is 0 Å². The lowest BCUT2D eigenvalue weighted by Gasteiger charge is -2.37. The molecule has 1 aliphatic heterocycles. The first-order valence-corrected chi connectivity index (χ1v) is 6.46. The molecule has 1 fully saturated rings. The first-order chi connectivity index (χ1) is 8.02. The fourth-order valence-corrected chi connectivity index (χ4v) is 2.87. The van der Waals surface area contributed by atoms with Crippen LogP contribution >= 0.6 is 7.67 Å². The number of nitrogens with zero attached hydrogens (tertiary/aromatic N) is 2. The SMILES string of the molecule is CN1NC(=O)NN(C)P1(=O)Oc1ccccc1. The summed E-state index contributed by atoms with van der Waals surface area (Å²) in [6, 6.07) is 8.31. The van der Waals surface area contributed by atoms with Crippen molar-refractivity contribution >= 4 is 13.7 Å². The lowest BCUT2D eigenvalue weighted by molar-refractivity contribution is 0.171. The molecular formula is C9H13N4O3P. The summed E-state index contributed by atoms with van der Waals surface area (Å²) in [5.41, 5.74) is 4.75. The van der Waals surface area contributed by atoms with E-state index in [0.29, 0.717) is 5.75 Å². The second-order valence-corrected chi connectivity index (χ2v) is 5.86. The summed E-state index contributed by atoms with van der Waals surface area (Å²) in [5, 5.41) is 0. The van der Waals surface area contributed by atoms with E-state index in [1.54, 1.807) is 24.3 Å². The molecule has 2 amide bonds. The van der Waals surface area contributed by atoms with E-state index in [4.69, 9.17) is 4.52 Å². The predicted octanol–water partition coefficient (Wildman–Crippen LogP) is 1.18. The zero-order valence-corrected chi connectivity index (χ0v) is 10.3. The van der Waals surface area contributed by atoms with Crippen molar-refractivity contribution in [1.29, 1.82) is 0 Å². The largest absolute Gasteiger partial charge is 0.430 e. The Kier molecular flexibility index (Phi) is 3.06. The molecule has 92 valence electrons. The summed E-state index contributed by atoms with van der Waals surface area (Å²) in [6.07, 6.45) is 0. The first kappa shape index (κ1) is 11.9. The van der Waals surface area contributed by atoms with E-state index in [0.717, 1.165) is 0 Å². The predicted molar refractivity (Wildman–Crippen MR) is 61.9 cm³/mol. The van der Waals surface area contributed by atoms with Gasteiger partial charge >= 0.3 is 13.7 Å². The Balaban J connectivity index is 2.23.